The van der Waals surface area contributed by atoms with Gasteiger partial charge in [-0.3, -0.25) is 4.90 Å². The maximum atomic E-state index is 10.3. The molecule has 0 bridgehead atoms. The zero-order valence-electron chi connectivity index (χ0n) is 11.7. The van der Waals surface area contributed by atoms with E-state index in [-0.39, 0.29) is 0 Å². The number of rotatable bonds is 4. The van der Waals surface area contributed by atoms with E-state index in [9.17, 15) is 5.11 Å². The largest absolute Gasteiger partial charge is 0.389 e. The predicted octanol–water partition coefficient (Wildman–Crippen LogP) is 3.16. The van der Waals surface area contributed by atoms with Crippen LogP contribution in [0, 0.1) is 0 Å². The summed E-state index contributed by atoms with van der Waals surface area (Å²) in [7, 11) is 0. The van der Waals surface area contributed by atoms with Crippen LogP contribution in [-0.4, -0.2) is 33.7 Å². The number of hydrogen-bond donors (Lipinski definition) is 1. The minimum Gasteiger partial charge on any atom is -0.389 e. The summed E-state index contributed by atoms with van der Waals surface area (Å²) < 4.78 is 0. The van der Waals surface area contributed by atoms with Crippen LogP contribution in [0.2, 0.25) is 0 Å². The second-order valence-electron chi connectivity index (χ2n) is 5.54. The van der Waals surface area contributed by atoms with Gasteiger partial charge in [-0.25, -0.2) is 4.98 Å². The Bertz CT molecular complexity index is 569. The lowest BCUT2D eigenvalue weighted by Crippen LogP contribution is -2.31. The first-order valence-electron chi connectivity index (χ1n) is 7.13. The van der Waals surface area contributed by atoms with Crippen LogP contribution < -0.4 is 0 Å². The molecule has 1 saturated heterocycles. The van der Waals surface area contributed by atoms with Crippen LogP contribution >= 0.6 is 11.3 Å². The topological polar surface area (TPSA) is 36.4 Å². The molecule has 0 radical (unpaired) electrons. The second-order valence-corrected chi connectivity index (χ2v) is 6.65. The van der Waals surface area contributed by atoms with E-state index in [0.29, 0.717) is 0 Å². The van der Waals surface area contributed by atoms with Gasteiger partial charge < -0.3 is 5.11 Å². The van der Waals surface area contributed by atoms with E-state index in [1.807, 2.05) is 24.4 Å². The van der Waals surface area contributed by atoms with Gasteiger partial charge in [0.2, 0.25) is 0 Å². The fourth-order valence-corrected chi connectivity index (χ4v) is 3.64. The van der Waals surface area contributed by atoms with Crippen LogP contribution in [0.5, 0.6) is 0 Å². The molecular formula is C16H20N2OS. The van der Waals surface area contributed by atoms with E-state index in [1.165, 1.54) is 10.4 Å². The second kappa shape index (κ2) is 5.64. The summed E-state index contributed by atoms with van der Waals surface area (Å²) in [4.78, 5) is 8.11. The van der Waals surface area contributed by atoms with Crippen molar-refractivity contribution in [3.8, 4) is 10.6 Å². The first-order chi connectivity index (χ1) is 9.68. The summed E-state index contributed by atoms with van der Waals surface area (Å²) in [5.41, 5.74) is 0.697. The molecule has 1 aromatic heterocycles. The Kier molecular flexibility index (Phi) is 3.87. The van der Waals surface area contributed by atoms with Crippen molar-refractivity contribution in [2.75, 3.05) is 13.1 Å². The number of nitrogens with zero attached hydrogens (tertiary/aromatic N) is 2. The monoisotopic (exact) mass is 288 g/mol. The molecule has 1 atom stereocenters. The molecule has 2 aromatic rings. The zero-order chi connectivity index (χ0) is 14.0. The Morgan fingerprint density at radius 2 is 2.15 bits per heavy atom. The Hall–Kier alpha value is -1.23. The first kappa shape index (κ1) is 13.7. The molecular weight excluding hydrogens is 268 g/mol. The molecule has 0 aliphatic carbocycles. The van der Waals surface area contributed by atoms with Gasteiger partial charge in [-0.15, -0.1) is 11.3 Å². The van der Waals surface area contributed by atoms with Crippen molar-refractivity contribution < 1.29 is 5.11 Å². The number of aliphatic hydroxyl groups is 1. The minimum atomic E-state index is -0.479. The third-order valence-corrected chi connectivity index (χ3v) is 5.05. The number of benzene rings is 1. The maximum Gasteiger partial charge on any atom is 0.123 e. The number of thiazole rings is 1. The zero-order valence-corrected chi connectivity index (χ0v) is 12.6. The van der Waals surface area contributed by atoms with Gasteiger partial charge in [0.1, 0.15) is 5.01 Å². The molecule has 106 valence electrons. The number of likely N-dealkylation sites (tertiary alicyclic amines) is 1. The van der Waals surface area contributed by atoms with Crippen molar-refractivity contribution in [1.29, 1.82) is 0 Å². The van der Waals surface area contributed by atoms with Crippen LogP contribution in [0.3, 0.4) is 0 Å². The lowest BCUT2D eigenvalue weighted by Gasteiger charge is -2.21. The van der Waals surface area contributed by atoms with Crippen molar-refractivity contribution >= 4 is 11.3 Å². The van der Waals surface area contributed by atoms with Crippen LogP contribution in [-0.2, 0) is 6.54 Å². The van der Waals surface area contributed by atoms with E-state index >= 15 is 0 Å². The van der Waals surface area contributed by atoms with E-state index < -0.39 is 5.60 Å². The third-order valence-electron chi connectivity index (χ3n) is 4.02. The van der Waals surface area contributed by atoms with Gasteiger partial charge in [0, 0.05) is 36.3 Å². The van der Waals surface area contributed by atoms with Crippen molar-refractivity contribution in [1.82, 2.24) is 9.88 Å². The SMILES string of the molecule is CCC1(O)CCN(Cc2cnc(-c3ccccc3)s2)C1. The van der Waals surface area contributed by atoms with Crippen molar-refractivity contribution in [3.63, 3.8) is 0 Å². The molecule has 0 saturated carbocycles. The standard InChI is InChI=1S/C16H20N2OS/c1-2-16(19)8-9-18(12-16)11-14-10-17-15(20-14)13-6-4-3-5-7-13/h3-7,10,19H,2,8-9,11-12H2,1H3. The molecule has 1 fully saturated rings. The van der Waals surface area contributed by atoms with Crippen LogP contribution in [0.4, 0.5) is 0 Å². The molecule has 1 unspecified atom stereocenters. The fraction of sp³-hybridized carbons (Fsp3) is 0.438. The molecule has 1 N–H and O–H groups in total. The molecule has 3 rings (SSSR count). The molecule has 1 aliphatic rings. The van der Waals surface area contributed by atoms with Gasteiger partial charge in [-0.05, 0) is 12.8 Å². The summed E-state index contributed by atoms with van der Waals surface area (Å²) in [5, 5.41) is 11.4. The smallest absolute Gasteiger partial charge is 0.123 e. The summed E-state index contributed by atoms with van der Waals surface area (Å²) >= 11 is 1.75. The number of aromatic nitrogens is 1. The molecule has 1 aromatic carbocycles. The average Bonchev–Trinajstić information content (AvgIpc) is 3.08. The normalized spacial score (nSPS) is 23.3. The fourth-order valence-electron chi connectivity index (χ4n) is 2.68. The molecule has 0 amide bonds. The van der Waals surface area contributed by atoms with E-state index in [1.54, 1.807) is 11.3 Å². The number of hydrogen-bond acceptors (Lipinski definition) is 4. The van der Waals surface area contributed by atoms with Crippen molar-refractivity contribution in [2.24, 2.45) is 0 Å². The van der Waals surface area contributed by atoms with E-state index in [2.05, 4.69) is 28.9 Å². The Labute approximate surface area is 123 Å². The Morgan fingerprint density at radius 1 is 1.35 bits per heavy atom. The molecule has 3 nitrogen and oxygen atoms in total. The maximum absolute atomic E-state index is 10.3. The lowest BCUT2D eigenvalue weighted by atomic mass is 10.0. The molecule has 0 spiro atoms. The quantitative estimate of drug-likeness (QED) is 0.939. The lowest BCUT2D eigenvalue weighted by molar-refractivity contribution is 0.0448. The third kappa shape index (κ3) is 2.92. The van der Waals surface area contributed by atoms with E-state index in [4.69, 9.17) is 0 Å². The van der Waals surface area contributed by atoms with Gasteiger partial charge in [-0.2, -0.15) is 0 Å². The highest BCUT2D eigenvalue weighted by Gasteiger charge is 2.34. The highest BCUT2D eigenvalue weighted by Crippen LogP contribution is 2.29. The average molecular weight is 288 g/mol. The highest BCUT2D eigenvalue weighted by atomic mass is 32.1. The first-order valence-corrected chi connectivity index (χ1v) is 7.95. The van der Waals surface area contributed by atoms with E-state index in [0.717, 1.165) is 37.5 Å². The van der Waals surface area contributed by atoms with Crippen molar-refractivity contribution in [3.05, 3.63) is 41.4 Å². The summed E-state index contributed by atoms with van der Waals surface area (Å²) in [6.07, 6.45) is 3.69. The van der Waals surface area contributed by atoms with Crippen LogP contribution in [0.15, 0.2) is 36.5 Å². The predicted molar refractivity (Wildman–Crippen MR) is 82.7 cm³/mol. The Morgan fingerprint density at radius 3 is 2.85 bits per heavy atom. The summed E-state index contributed by atoms with van der Waals surface area (Å²) in [6.45, 7) is 4.71. The highest BCUT2D eigenvalue weighted by molar-refractivity contribution is 7.15. The van der Waals surface area contributed by atoms with Gasteiger partial charge in [0.15, 0.2) is 0 Å². The molecule has 2 heterocycles. The molecule has 4 heteroatoms. The summed E-state index contributed by atoms with van der Waals surface area (Å²) in [6, 6.07) is 10.3. The molecule has 1 aliphatic heterocycles. The molecule has 20 heavy (non-hydrogen) atoms. The van der Waals surface area contributed by atoms with Gasteiger partial charge in [0.05, 0.1) is 5.60 Å². The van der Waals surface area contributed by atoms with Gasteiger partial charge >= 0.3 is 0 Å². The Balaban J connectivity index is 1.67. The van der Waals surface area contributed by atoms with Gasteiger partial charge in [-0.1, -0.05) is 37.3 Å². The summed E-state index contributed by atoms with van der Waals surface area (Å²) in [5.74, 6) is 0. The minimum absolute atomic E-state index is 0.479. The van der Waals surface area contributed by atoms with Gasteiger partial charge in [0.25, 0.3) is 0 Å². The van der Waals surface area contributed by atoms with Crippen LogP contribution in [0.25, 0.3) is 10.6 Å². The van der Waals surface area contributed by atoms with Crippen molar-refractivity contribution in [2.45, 2.75) is 31.9 Å². The number of β-amino-alcohol motifs (C(OH)–C–C–N with tert-alkyl or cyclic N) is 1. The van der Waals surface area contributed by atoms with Crippen LogP contribution in [0.1, 0.15) is 24.6 Å².